The van der Waals surface area contributed by atoms with Gasteiger partial charge in [0.25, 0.3) is 0 Å². The molecule has 0 radical (unpaired) electrons. The average Bonchev–Trinajstić information content (AvgIpc) is 3.07. The summed E-state index contributed by atoms with van der Waals surface area (Å²) in [5.74, 6) is 0.248. The van der Waals surface area contributed by atoms with E-state index in [1.807, 2.05) is 0 Å². The highest BCUT2D eigenvalue weighted by atomic mass is 16.1. The average molecular weight is 567 g/mol. The molecule has 0 N–H and O–H groups in total. The number of fused-ring (bicyclic) bond motifs is 4. The van der Waals surface area contributed by atoms with Gasteiger partial charge in [-0.3, -0.25) is 4.79 Å². The Morgan fingerprint density at radius 3 is 1.39 bits per heavy atom. The number of benzene rings is 6. The molecule has 2 aliphatic carbocycles. The van der Waals surface area contributed by atoms with Crippen LogP contribution < -0.4 is 0 Å². The fourth-order valence-electron chi connectivity index (χ4n) is 8.40. The Hall–Kier alpha value is -5.01. The number of Topliss-reactive ketones (excluding diaryl/α,β-unsaturated/α-hetero) is 1. The fraction of sp³-hybridized carbons (Fsp3) is 0.140. The number of hydrogen-bond acceptors (Lipinski definition) is 1. The maximum atomic E-state index is 16.6. The van der Waals surface area contributed by atoms with Gasteiger partial charge in [-0.05, 0) is 92.7 Å². The fourth-order valence-corrected chi connectivity index (χ4v) is 8.40. The lowest BCUT2D eigenvalue weighted by atomic mass is 9.52. The molecule has 0 heterocycles. The van der Waals surface area contributed by atoms with Gasteiger partial charge in [-0.1, -0.05) is 146 Å². The van der Waals surface area contributed by atoms with Crippen molar-refractivity contribution in [1.29, 1.82) is 0 Å². The van der Waals surface area contributed by atoms with Crippen LogP contribution in [-0.2, 0) is 15.6 Å². The maximum absolute atomic E-state index is 16.6. The van der Waals surface area contributed by atoms with Crippen LogP contribution in [0.25, 0.3) is 33.7 Å². The predicted molar refractivity (Wildman–Crippen MR) is 184 cm³/mol. The van der Waals surface area contributed by atoms with Gasteiger partial charge in [-0.15, -0.1) is 0 Å². The number of carbonyl (C=O) groups is 1. The standard InChI is InChI=1S/C43H34O/c1-29-23-25-31-13-3-7-19-35(31)39(29)42(27-11-17-33-15-5-9-21-37(33)42)41(44)43(28-12-18-34-16-6-10-22-38(34)43)40-30(2)24-26-32-14-4-8-20-36(32)40/h3-26H,27-28H2,1-2H3. The highest BCUT2D eigenvalue weighted by Gasteiger charge is 2.56. The Balaban J connectivity index is 1.56. The predicted octanol–water partition coefficient (Wildman–Crippen LogP) is 10.3. The first-order chi connectivity index (χ1) is 21.6. The van der Waals surface area contributed by atoms with Crippen LogP contribution in [0.5, 0.6) is 0 Å². The zero-order valence-corrected chi connectivity index (χ0v) is 25.2. The summed E-state index contributed by atoms with van der Waals surface area (Å²) in [5, 5.41) is 4.61. The second-order valence-corrected chi connectivity index (χ2v) is 12.5. The summed E-state index contributed by atoms with van der Waals surface area (Å²) < 4.78 is 0. The summed E-state index contributed by atoms with van der Waals surface area (Å²) in [5.41, 5.74) is 7.15. The summed E-state index contributed by atoms with van der Waals surface area (Å²) in [4.78, 5) is 16.6. The lowest BCUT2D eigenvalue weighted by Crippen LogP contribution is -2.52. The molecule has 0 saturated heterocycles. The molecule has 8 rings (SSSR count). The number of hydrogen-bond donors (Lipinski definition) is 0. The highest BCUT2D eigenvalue weighted by molar-refractivity contribution is 6.11. The Bertz CT molecular complexity index is 2020. The minimum atomic E-state index is -0.905. The molecule has 0 amide bonds. The molecule has 0 fully saturated rings. The van der Waals surface area contributed by atoms with Crippen LogP contribution in [0.1, 0.15) is 57.3 Å². The zero-order valence-electron chi connectivity index (χ0n) is 25.2. The van der Waals surface area contributed by atoms with Gasteiger partial charge in [-0.25, -0.2) is 0 Å². The number of carbonyl (C=O) groups excluding carboxylic acids is 1. The lowest BCUT2D eigenvalue weighted by Gasteiger charge is -2.47. The van der Waals surface area contributed by atoms with Crippen LogP contribution in [0, 0.1) is 13.8 Å². The molecule has 0 aromatic heterocycles. The Kier molecular flexibility index (Phi) is 6.06. The molecule has 44 heavy (non-hydrogen) atoms. The van der Waals surface area contributed by atoms with Crippen molar-refractivity contribution in [3.8, 4) is 0 Å². The molecule has 0 spiro atoms. The summed E-state index contributed by atoms with van der Waals surface area (Å²) in [6, 6.07) is 43.1. The Morgan fingerprint density at radius 1 is 0.500 bits per heavy atom. The van der Waals surface area contributed by atoms with Crippen LogP contribution in [0.15, 0.2) is 133 Å². The molecule has 2 atom stereocenters. The van der Waals surface area contributed by atoms with Gasteiger partial charge in [0.1, 0.15) is 0 Å². The van der Waals surface area contributed by atoms with Gasteiger partial charge >= 0.3 is 0 Å². The van der Waals surface area contributed by atoms with Crippen LogP contribution in [0.2, 0.25) is 0 Å². The van der Waals surface area contributed by atoms with Gasteiger partial charge in [0.15, 0.2) is 5.78 Å². The number of allylic oxidation sites excluding steroid dienone is 2. The molecule has 6 aromatic rings. The van der Waals surface area contributed by atoms with Gasteiger partial charge in [-0.2, -0.15) is 0 Å². The topological polar surface area (TPSA) is 17.1 Å². The number of ketones is 1. The van der Waals surface area contributed by atoms with Crippen molar-refractivity contribution in [3.05, 3.63) is 178 Å². The number of aryl methyl sites for hydroxylation is 2. The third-order valence-electron chi connectivity index (χ3n) is 10.2. The highest BCUT2D eigenvalue weighted by Crippen LogP contribution is 2.55. The second-order valence-electron chi connectivity index (χ2n) is 12.5. The zero-order chi connectivity index (χ0) is 29.9. The van der Waals surface area contributed by atoms with E-state index in [2.05, 4.69) is 159 Å². The lowest BCUT2D eigenvalue weighted by molar-refractivity contribution is -0.127. The molecule has 6 aromatic carbocycles. The molecule has 212 valence electrons. The third-order valence-corrected chi connectivity index (χ3v) is 10.2. The Morgan fingerprint density at radius 2 is 0.909 bits per heavy atom. The van der Waals surface area contributed by atoms with E-state index in [-0.39, 0.29) is 5.78 Å². The van der Waals surface area contributed by atoms with Crippen molar-refractivity contribution < 1.29 is 4.79 Å². The first-order valence-electron chi connectivity index (χ1n) is 15.6. The molecule has 1 heteroatoms. The van der Waals surface area contributed by atoms with Crippen molar-refractivity contribution in [3.63, 3.8) is 0 Å². The summed E-state index contributed by atoms with van der Waals surface area (Å²) >= 11 is 0. The first-order valence-corrected chi connectivity index (χ1v) is 15.6. The normalized spacial score (nSPS) is 20.4. The summed E-state index contributed by atoms with van der Waals surface area (Å²) in [6.07, 6.45) is 10.1. The largest absolute Gasteiger partial charge is 0.297 e. The Labute approximate surface area is 259 Å². The van der Waals surface area contributed by atoms with Crippen LogP contribution in [-0.4, -0.2) is 5.78 Å². The summed E-state index contributed by atoms with van der Waals surface area (Å²) in [6.45, 7) is 4.37. The molecular weight excluding hydrogens is 532 g/mol. The minimum Gasteiger partial charge on any atom is -0.297 e. The van der Waals surface area contributed by atoms with Gasteiger partial charge < -0.3 is 0 Å². The van der Waals surface area contributed by atoms with E-state index < -0.39 is 10.8 Å². The van der Waals surface area contributed by atoms with Crippen molar-refractivity contribution in [2.75, 3.05) is 0 Å². The van der Waals surface area contributed by atoms with E-state index in [1.54, 1.807) is 0 Å². The van der Waals surface area contributed by atoms with Crippen LogP contribution in [0.3, 0.4) is 0 Å². The summed E-state index contributed by atoms with van der Waals surface area (Å²) in [7, 11) is 0. The molecule has 2 unspecified atom stereocenters. The molecular formula is C43H34O. The SMILES string of the molecule is Cc1ccc2ccccc2c1C1(C(=O)C2(c3c(C)ccc4ccccc34)CC=Cc3ccccc32)CC=Cc2ccccc21. The molecule has 1 nitrogen and oxygen atoms in total. The molecule has 0 bridgehead atoms. The van der Waals surface area contributed by atoms with Gasteiger partial charge in [0, 0.05) is 0 Å². The van der Waals surface area contributed by atoms with Crippen molar-refractivity contribution in [2.24, 2.45) is 0 Å². The molecule has 0 aliphatic heterocycles. The smallest absolute Gasteiger partial charge is 0.163 e. The van der Waals surface area contributed by atoms with Crippen molar-refractivity contribution in [2.45, 2.75) is 37.5 Å². The van der Waals surface area contributed by atoms with E-state index in [0.717, 1.165) is 66.1 Å². The minimum absolute atomic E-state index is 0.248. The van der Waals surface area contributed by atoms with Crippen molar-refractivity contribution >= 4 is 39.5 Å². The van der Waals surface area contributed by atoms with E-state index in [0.29, 0.717) is 12.8 Å². The van der Waals surface area contributed by atoms with E-state index in [1.165, 1.54) is 0 Å². The number of rotatable bonds is 4. The maximum Gasteiger partial charge on any atom is 0.163 e. The second kappa shape index (κ2) is 10.0. The van der Waals surface area contributed by atoms with Gasteiger partial charge in [0.05, 0.1) is 10.8 Å². The van der Waals surface area contributed by atoms with Crippen molar-refractivity contribution in [1.82, 2.24) is 0 Å². The van der Waals surface area contributed by atoms with E-state index in [9.17, 15) is 0 Å². The molecule has 0 saturated carbocycles. The van der Waals surface area contributed by atoms with Gasteiger partial charge in [0.2, 0.25) is 0 Å². The van der Waals surface area contributed by atoms with E-state index in [4.69, 9.17) is 0 Å². The third kappa shape index (κ3) is 3.62. The quantitative estimate of drug-likeness (QED) is 0.207. The molecule has 2 aliphatic rings. The monoisotopic (exact) mass is 566 g/mol. The van der Waals surface area contributed by atoms with E-state index >= 15 is 4.79 Å². The van der Waals surface area contributed by atoms with Crippen LogP contribution in [0.4, 0.5) is 0 Å². The first kappa shape index (κ1) is 26.6. The van der Waals surface area contributed by atoms with Crippen LogP contribution >= 0.6 is 0 Å².